The largest absolute Gasteiger partial charge is 0.305 e. The van der Waals surface area contributed by atoms with Crippen LogP contribution in [0.25, 0.3) is 0 Å². The van der Waals surface area contributed by atoms with Gasteiger partial charge in [0, 0.05) is 24.0 Å². The van der Waals surface area contributed by atoms with Crippen molar-refractivity contribution in [3.63, 3.8) is 0 Å². The second kappa shape index (κ2) is 7.60. The predicted octanol–water partition coefficient (Wildman–Crippen LogP) is 4.87. The van der Waals surface area contributed by atoms with Crippen LogP contribution in [0.4, 0.5) is 11.4 Å². The molecule has 27 heavy (non-hydrogen) atoms. The number of benzene rings is 3. The average Bonchev–Trinajstić information content (AvgIpc) is 3.12. The van der Waals surface area contributed by atoms with E-state index in [2.05, 4.69) is 24.0 Å². The van der Waals surface area contributed by atoms with E-state index in [4.69, 9.17) is 0 Å². The van der Waals surface area contributed by atoms with Crippen LogP contribution in [0.2, 0.25) is 0 Å². The van der Waals surface area contributed by atoms with Crippen molar-refractivity contribution in [2.24, 2.45) is 5.92 Å². The van der Waals surface area contributed by atoms with Gasteiger partial charge in [0.1, 0.15) is 0 Å². The molecule has 2 atom stereocenters. The summed E-state index contributed by atoms with van der Waals surface area (Å²) in [5, 5.41) is 3.46. The van der Waals surface area contributed by atoms with Gasteiger partial charge in [0.2, 0.25) is 5.91 Å². The molecule has 0 spiro atoms. The van der Waals surface area contributed by atoms with Gasteiger partial charge < -0.3 is 5.32 Å². The van der Waals surface area contributed by atoms with E-state index >= 15 is 0 Å². The first-order chi connectivity index (χ1) is 13.3. The lowest BCUT2D eigenvalue weighted by Crippen LogP contribution is -2.35. The van der Waals surface area contributed by atoms with Crippen molar-refractivity contribution in [3.8, 4) is 0 Å². The third-order valence-corrected chi connectivity index (χ3v) is 5.00. The predicted molar refractivity (Wildman–Crippen MR) is 110 cm³/mol. The van der Waals surface area contributed by atoms with Crippen molar-refractivity contribution in [2.75, 3.05) is 11.4 Å². The Balaban J connectivity index is 1.75. The highest BCUT2D eigenvalue weighted by atomic mass is 16.2. The highest BCUT2D eigenvalue weighted by Gasteiger charge is 2.39. The second-order valence-electron chi connectivity index (χ2n) is 6.75. The molecule has 3 aromatic rings. The van der Waals surface area contributed by atoms with Crippen LogP contribution in [0.1, 0.15) is 11.6 Å². The van der Waals surface area contributed by atoms with Crippen LogP contribution in [-0.2, 0) is 4.79 Å². The summed E-state index contributed by atoms with van der Waals surface area (Å²) in [5.41, 5.74) is 3.75. The Morgan fingerprint density at radius 3 is 1.81 bits per heavy atom. The first-order valence-electron chi connectivity index (χ1n) is 9.16. The summed E-state index contributed by atoms with van der Waals surface area (Å²) in [7, 11) is 0. The van der Waals surface area contributed by atoms with Gasteiger partial charge in [-0.05, 0) is 35.4 Å². The fourth-order valence-corrected chi connectivity index (χ4v) is 3.69. The standard InChI is InChI=1S/C24H22N2O/c1-18-17-25-23(19-11-5-2-6-12-19)22(18)24(27)26(20-13-7-3-8-14-20)21-15-9-4-10-16-21/h2-16,22-23,25H,1,17H2/t22-,23+/m0/s1. The first-order valence-corrected chi connectivity index (χ1v) is 9.16. The quantitative estimate of drug-likeness (QED) is 0.678. The number of rotatable bonds is 4. The van der Waals surface area contributed by atoms with Crippen LogP contribution in [0, 0.1) is 5.92 Å². The van der Waals surface area contributed by atoms with Crippen molar-refractivity contribution in [1.29, 1.82) is 0 Å². The third kappa shape index (κ3) is 3.42. The highest BCUT2D eigenvalue weighted by Crippen LogP contribution is 2.37. The molecule has 0 aromatic heterocycles. The molecule has 4 rings (SSSR count). The summed E-state index contributed by atoms with van der Waals surface area (Å²) in [6.45, 7) is 4.84. The summed E-state index contributed by atoms with van der Waals surface area (Å²) in [6.07, 6.45) is 0. The molecule has 3 aromatic carbocycles. The number of carbonyl (C=O) groups is 1. The van der Waals surface area contributed by atoms with Gasteiger partial charge in [-0.2, -0.15) is 0 Å². The molecule has 3 nitrogen and oxygen atoms in total. The molecule has 1 fully saturated rings. The molecule has 0 radical (unpaired) electrons. The molecule has 1 aliphatic heterocycles. The lowest BCUT2D eigenvalue weighted by molar-refractivity contribution is -0.120. The fraction of sp³-hybridized carbons (Fsp3) is 0.125. The number of amides is 1. The van der Waals surface area contributed by atoms with Crippen molar-refractivity contribution < 1.29 is 4.79 Å². The van der Waals surface area contributed by atoms with E-state index in [1.807, 2.05) is 78.9 Å². The molecule has 1 aliphatic rings. The molecule has 1 N–H and O–H groups in total. The van der Waals surface area contributed by atoms with Crippen LogP contribution in [0.5, 0.6) is 0 Å². The zero-order valence-electron chi connectivity index (χ0n) is 15.1. The summed E-state index contributed by atoms with van der Waals surface area (Å²) in [4.78, 5) is 15.6. The molecular formula is C24H22N2O. The normalized spacial score (nSPS) is 19.0. The van der Waals surface area contributed by atoms with Crippen molar-refractivity contribution in [1.82, 2.24) is 5.32 Å². The van der Waals surface area contributed by atoms with Crippen LogP contribution < -0.4 is 10.2 Å². The molecule has 1 heterocycles. The zero-order chi connectivity index (χ0) is 18.6. The average molecular weight is 354 g/mol. The lowest BCUT2D eigenvalue weighted by Gasteiger charge is -2.29. The van der Waals surface area contributed by atoms with Gasteiger partial charge in [0.15, 0.2) is 0 Å². The molecule has 3 heteroatoms. The number of nitrogens with zero attached hydrogens (tertiary/aromatic N) is 1. The molecule has 0 aliphatic carbocycles. The number of carbonyl (C=O) groups excluding carboxylic acids is 1. The molecular weight excluding hydrogens is 332 g/mol. The van der Waals surface area contributed by atoms with E-state index in [-0.39, 0.29) is 17.9 Å². The van der Waals surface area contributed by atoms with Gasteiger partial charge in [0.25, 0.3) is 0 Å². The maximum atomic E-state index is 13.8. The molecule has 0 saturated carbocycles. The number of nitrogens with one attached hydrogen (secondary N) is 1. The Bertz CT molecular complexity index is 883. The Labute approximate surface area is 160 Å². The van der Waals surface area contributed by atoms with Gasteiger partial charge in [-0.3, -0.25) is 9.69 Å². The van der Waals surface area contributed by atoms with E-state index in [1.165, 1.54) is 0 Å². The minimum Gasteiger partial charge on any atom is -0.305 e. The third-order valence-electron chi connectivity index (χ3n) is 5.00. The Morgan fingerprint density at radius 2 is 1.30 bits per heavy atom. The maximum Gasteiger partial charge on any atom is 0.240 e. The van der Waals surface area contributed by atoms with Crippen LogP contribution >= 0.6 is 0 Å². The molecule has 0 unspecified atom stereocenters. The summed E-state index contributed by atoms with van der Waals surface area (Å²) < 4.78 is 0. The summed E-state index contributed by atoms with van der Waals surface area (Å²) in [6, 6.07) is 29.6. The summed E-state index contributed by atoms with van der Waals surface area (Å²) >= 11 is 0. The lowest BCUT2D eigenvalue weighted by atomic mass is 9.90. The molecule has 0 bridgehead atoms. The fourth-order valence-electron chi connectivity index (χ4n) is 3.69. The monoisotopic (exact) mass is 354 g/mol. The van der Waals surface area contributed by atoms with Gasteiger partial charge in [-0.25, -0.2) is 0 Å². The number of hydrogen-bond donors (Lipinski definition) is 1. The van der Waals surface area contributed by atoms with Gasteiger partial charge >= 0.3 is 0 Å². The minimum absolute atomic E-state index is 0.0382. The van der Waals surface area contributed by atoms with Crippen molar-refractivity contribution >= 4 is 17.3 Å². The van der Waals surface area contributed by atoms with E-state index in [0.29, 0.717) is 6.54 Å². The van der Waals surface area contributed by atoms with Crippen LogP contribution in [-0.4, -0.2) is 12.5 Å². The maximum absolute atomic E-state index is 13.8. The Hall–Kier alpha value is -3.17. The number of anilines is 2. The minimum atomic E-state index is -0.312. The van der Waals surface area contributed by atoms with Gasteiger partial charge in [0.05, 0.1) is 5.92 Å². The topological polar surface area (TPSA) is 32.3 Å². The number of hydrogen-bond acceptors (Lipinski definition) is 2. The SMILES string of the molecule is C=C1CN[C@H](c2ccccc2)[C@H]1C(=O)N(c1ccccc1)c1ccccc1. The second-order valence-corrected chi connectivity index (χ2v) is 6.75. The van der Waals surface area contributed by atoms with Gasteiger partial charge in [-0.1, -0.05) is 73.3 Å². The zero-order valence-corrected chi connectivity index (χ0v) is 15.1. The Kier molecular flexibility index (Phi) is 4.86. The van der Waals surface area contributed by atoms with E-state index in [0.717, 1.165) is 22.5 Å². The van der Waals surface area contributed by atoms with Crippen LogP contribution in [0.15, 0.2) is 103 Å². The van der Waals surface area contributed by atoms with Crippen molar-refractivity contribution in [2.45, 2.75) is 6.04 Å². The van der Waals surface area contributed by atoms with E-state index in [1.54, 1.807) is 4.90 Å². The highest BCUT2D eigenvalue weighted by molar-refractivity contribution is 6.03. The summed E-state index contributed by atoms with van der Waals surface area (Å²) in [5.74, 6) is -0.274. The van der Waals surface area contributed by atoms with Crippen molar-refractivity contribution in [3.05, 3.63) is 109 Å². The smallest absolute Gasteiger partial charge is 0.240 e. The van der Waals surface area contributed by atoms with Gasteiger partial charge in [-0.15, -0.1) is 0 Å². The van der Waals surface area contributed by atoms with Crippen LogP contribution in [0.3, 0.4) is 0 Å². The van der Waals surface area contributed by atoms with E-state index in [9.17, 15) is 4.79 Å². The number of para-hydroxylation sites is 2. The molecule has 134 valence electrons. The first kappa shape index (κ1) is 17.3. The molecule has 1 amide bonds. The van der Waals surface area contributed by atoms with E-state index < -0.39 is 0 Å². The Morgan fingerprint density at radius 1 is 0.815 bits per heavy atom. The molecule has 1 saturated heterocycles.